The fourth-order valence-corrected chi connectivity index (χ4v) is 2.02. The third kappa shape index (κ3) is 6.27. The Kier molecular flexibility index (Phi) is 6.54. The van der Waals surface area contributed by atoms with Gasteiger partial charge in [-0.1, -0.05) is 23.7 Å². The molecule has 25 heavy (non-hydrogen) atoms. The maximum Gasteiger partial charge on any atom is 0.279 e. The van der Waals surface area contributed by atoms with Gasteiger partial charge in [0.2, 0.25) is 0 Å². The smallest absolute Gasteiger partial charge is 0.279 e. The molecule has 2 aromatic rings. The first-order chi connectivity index (χ1) is 11.9. The van der Waals surface area contributed by atoms with E-state index in [1.165, 1.54) is 37.3 Å². The van der Waals surface area contributed by atoms with Crippen LogP contribution in [0.15, 0.2) is 54.6 Å². The molecule has 0 aliphatic heterocycles. The van der Waals surface area contributed by atoms with Crippen molar-refractivity contribution in [1.82, 2.24) is 10.9 Å². The number of amides is 2. The van der Waals surface area contributed by atoms with Gasteiger partial charge in [0.05, 0.1) is 0 Å². The summed E-state index contributed by atoms with van der Waals surface area (Å²) < 4.78 is 18.2. The van der Waals surface area contributed by atoms with Gasteiger partial charge in [0.15, 0.2) is 6.10 Å². The van der Waals surface area contributed by atoms with Crippen LogP contribution in [0, 0.1) is 5.82 Å². The Bertz CT molecular complexity index is 778. The van der Waals surface area contributed by atoms with Crippen LogP contribution in [0.25, 0.3) is 6.08 Å². The summed E-state index contributed by atoms with van der Waals surface area (Å²) in [4.78, 5) is 23.6. The summed E-state index contributed by atoms with van der Waals surface area (Å²) in [6.45, 7) is 1.51. The molecule has 2 amide bonds. The van der Waals surface area contributed by atoms with E-state index in [9.17, 15) is 14.0 Å². The molecule has 1 unspecified atom stereocenters. The second-order valence-corrected chi connectivity index (χ2v) is 5.52. The van der Waals surface area contributed by atoms with Crippen molar-refractivity contribution in [3.05, 3.63) is 71.0 Å². The Morgan fingerprint density at radius 3 is 2.56 bits per heavy atom. The molecule has 2 N–H and O–H groups in total. The highest BCUT2D eigenvalue weighted by Crippen LogP contribution is 2.13. The van der Waals surface area contributed by atoms with Crippen LogP contribution in [0.5, 0.6) is 5.75 Å². The quantitative estimate of drug-likeness (QED) is 0.634. The zero-order valence-electron chi connectivity index (χ0n) is 13.3. The summed E-state index contributed by atoms with van der Waals surface area (Å²) in [5, 5.41) is 0.558. The molecule has 0 spiro atoms. The Morgan fingerprint density at radius 1 is 1.16 bits per heavy atom. The predicted octanol–water partition coefficient (Wildman–Crippen LogP) is 3.11. The standard InChI is InChI=1S/C18H16ClFN2O3/c1-12(25-16-8-6-15(20)7-9-16)18(24)22-21-17(23)10-5-13-3-2-4-14(19)11-13/h2-12H,1H3,(H,21,23)(H,22,24). The van der Waals surface area contributed by atoms with Gasteiger partial charge in [0, 0.05) is 11.1 Å². The van der Waals surface area contributed by atoms with Crippen molar-refractivity contribution in [3.8, 4) is 5.75 Å². The van der Waals surface area contributed by atoms with Crippen molar-refractivity contribution in [3.63, 3.8) is 0 Å². The molecule has 7 heteroatoms. The van der Waals surface area contributed by atoms with Crippen molar-refractivity contribution < 1.29 is 18.7 Å². The molecule has 0 saturated heterocycles. The van der Waals surface area contributed by atoms with E-state index in [4.69, 9.17) is 16.3 Å². The lowest BCUT2D eigenvalue weighted by molar-refractivity contribution is -0.131. The minimum absolute atomic E-state index is 0.344. The van der Waals surface area contributed by atoms with Crippen LogP contribution in [-0.4, -0.2) is 17.9 Å². The van der Waals surface area contributed by atoms with Gasteiger partial charge in [-0.05, 0) is 55.0 Å². The molecule has 1 atom stereocenters. The summed E-state index contributed by atoms with van der Waals surface area (Å²) >= 11 is 5.85. The highest BCUT2D eigenvalue weighted by Gasteiger charge is 2.14. The topological polar surface area (TPSA) is 67.4 Å². The normalized spacial score (nSPS) is 11.8. The number of benzene rings is 2. The Labute approximate surface area is 149 Å². The second-order valence-electron chi connectivity index (χ2n) is 5.08. The van der Waals surface area contributed by atoms with E-state index in [2.05, 4.69) is 10.9 Å². The van der Waals surface area contributed by atoms with Crippen LogP contribution in [-0.2, 0) is 9.59 Å². The van der Waals surface area contributed by atoms with Gasteiger partial charge < -0.3 is 4.74 Å². The average Bonchev–Trinajstić information content (AvgIpc) is 2.60. The third-order valence-electron chi connectivity index (χ3n) is 3.08. The van der Waals surface area contributed by atoms with Gasteiger partial charge in [-0.3, -0.25) is 20.4 Å². The number of halogens is 2. The maximum atomic E-state index is 12.8. The first kappa shape index (κ1) is 18.5. The van der Waals surface area contributed by atoms with Crippen LogP contribution in [0.1, 0.15) is 12.5 Å². The van der Waals surface area contributed by atoms with E-state index in [-0.39, 0.29) is 0 Å². The zero-order valence-corrected chi connectivity index (χ0v) is 14.1. The van der Waals surface area contributed by atoms with Crippen molar-refractivity contribution in [2.75, 3.05) is 0 Å². The van der Waals surface area contributed by atoms with E-state index >= 15 is 0 Å². The Morgan fingerprint density at radius 2 is 1.88 bits per heavy atom. The Hall–Kier alpha value is -2.86. The lowest BCUT2D eigenvalue weighted by Crippen LogP contribution is -2.46. The summed E-state index contributed by atoms with van der Waals surface area (Å²) in [6, 6.07) is 12.2. The van der Waals surface area contributed by atoms with Gasteiger partial charge in [-0.15, -0.1) is 0 Å². The SMILES string of the molecule is CC(Oc1ccc(F)cc1)C(=O)NNC(=O)C=Cc1cccc(Cl)c1. The average molecular weight is 363 g/mol. The van der Waals surface area contributed by atoms with Gasteiger partial charge in [-0.25, -0.2) is 4.39 Å². The van der Waals surface area contributed by atoms with E-state index < -0.39 is 23.7 Å². The summed E-state index contributed by atoms with van der Waals surface area (Å²) in [6.07, 6.45) is 1.95. The maximum absolute atomic E-state index is 12.8. The van der Waals surface area contributed by atoms with E-state index in [0.29, 0.717) is 10.8 Å². The number of hydrogen-bond acceptors (Lipinski definition) is 3. The summed E-state index contributed by atoms with van der Waals surface area (Å²) in [5.41, 5.74) is 5.24. The van der Waals surface area contributed by atoms with Gasteiger partial charge in [-0.2, -0.15) is 0 Å². The largest absolute Gasteiger partial charge is 0.481 e. The van der Waals surface area contributed by atoms with Crippen LogP contribution < -0.4 is 15.6 Å². The molecule has 0 heterocycles. The number of hydrazine groups is 1. The molecule has 5 nitrogen and oxygen atoms in total. The molecule has 2 rings (SSSR count). The first-order valence-corrected chi connectivity index (χ1v) is 7.77. The fourth-order valence-electron chi connectivity index (χ4n) is 1.82. The van der Waals surface area contributed by atoms with E-state index in [1.807, 2.05) is 0 Å². The molecular formula is C18H16ClFN2O3. The molecule has 0 aliphatic rings. The van der Waals surface area contributed by atoms with Crippen molar-refractivity contribution in [1.29, 1.82) is 0 Å². The second kappa shape index (κ2) is 8.84. The number of hydrogen-bond donors (Lipinski definition) is 2. The molecular weight excluding hydrogens is 347 g/mol. The fraction of sp³-hybridized carbons (Fsp3) is 0.111. The monoisotopic (exact) mass is 362 g/mol. The summed E-state index contributed by atoms with van der Waals surface area (Å²) in [5.74, 6) is -1.12. The third-order valence-corrected chi connectivity index (χ3v) is 3.32. The van der Waals surface area contributed by atoms with Crippen LogP contribution in [0.4, 0.5) is 4.39 Å². The number of ether oxygens (including phenoxy) is 1. The predicted molar refractivity (Wildman–Crippen MR) is 93.3 cm³/mol. The number of carbonyl (C=O) groups excluding carboxylic acids is 2. The van der Waals surface area contributed by atoms with E-state index in [0.717, 1.165) is 5.56 Å². The Balaban J connectivity index is 1.80. The molecule has 0 saturated carbocycles. The van der Waals surface area contributed by atoms with Gasteiger partial charge >= 0.3 is 0 Å². The number of nitrogens with one attached hydrogen (secondary N) is 2. The van der Waals surface area contributed by atoms with Crippen LogP contribution in [0.3, 0.4) is 0 Å². The van der Waals surface area contributed by atoms with Crippen molar-refractivity contribution >= 4 is 29.5 Å². The highest BCUT2D eigenvalue weighted by atomic mass is 35.5. The molecule has 0 bridgehead atoms. The van der Waals surface area contributed by atoms with Gasteiger partial charge in [0.1, 0.15) is 11.6 Å². The summed E-state index contributed by atoms with van der Waals surface area (Å²) in [7, 11) is 0. The van der Waals surface area contributed by atoms with Crippen LogP contribution in [0.2, 0.25) is 5.02 Å². The molecule has 0 aliphatic carbocycles. The van der Waals surface area contributed by atoms with Crippen molar-refractivity contribution in [2.45, 2.75) is 13.0 Å². The lowest BCUT2D eigenvalue weighted by atomic mass is 10.2. The van der Waals surface area contributed by atoms with E-state index in [1.54, 1.807) is 30.3 Å². The van der Waals surface area contributed by atoms with Crippen molar-refractivity contribution in [2.24, 2.45) is 0 Å². The molecule has 0 radical (unpaired) electrons. The van der Waals surface area contributed by atoms with Gasteiger partial charge in [0.25, 0.3) is 11.8 Å². The lowest BCUT2D eigenvalue weighted by Gasteiger charge is -2.14. The molecule has 0 fully saturated rings. The van der Waals surface area contributed by atoms with Crippen LogP contribution >= 0.6 is 11.6 Å². The minimum atomic E-state index is -0.873. The highest BCUT2D eigenvalue weighted by molar-refractivity contribution is 6.30. The minimum Gasteiger partial charge on any atom is -0.481 e. The molecule has 0 aromatic heterocycles. The number of rotatable bonds is 5. The number of carbonyl (C=O) groups is 2. The first-order valence-electron chi connectivity index (χ1n) is 7.40. The molecule has 2 aromatic carbocycles. The zero-order chi connectivity index (χ0) is 18.2. The molecule has 130 valence electrons.